The van der Waals surface area contributed by atoms with Crippen molar-refractivity contribution < 1.29 is 14.4 Å². The number of amides is 1. The van der Waals surface area contributed by atoms with E-state index in [1.807, 2.05) is 0 Å². The van der Waals surface area contributed by atoms with Crippen molar-refractivity contribution in [2.45, 2.75) is 13.5 Å². The van der Waals surface area contributed by atoms with E-state index in [0.29, 0.717) is 17.3 Å². The first-order valence-electron chi connectivity index (χ1n) is 5.82. The number of pyridine rings is 1. The van der Waals surface area contributed by atoms with Gasteiger partial charge in [0.25, 0.3) is 5.91 Å². The minimum absolute atomic E-state index is 0.171. The molecule has 0 radical (unpaired) electrons. The van der Waals surface area contributed by atoms with Crippen LogP contribution in [0.15, 0.2) is 22.9 Å². The van der Waals surface area contributed by atoms with Crippen LogP contribution in [0.2, 0.25) is 0 Å². The van der Waals surface area contributed by atoms with Crippen molar-refractivity contribution in [2.75, 3.05) is 6.61 Å². The van der Waals surface area contributed by atoms with Gasteiger partial charge >= 0.3 is 0 Å². The lowest BCUT2D eigenvalue weighted by Crippen LogP contribution is -2.24. The molecule has 0 spiro atoms. The second-order valence-corrected chi connectivity index (χ2v) is 3.80. The summed E-state index contributed by atoms with van der Waals surface area (Å²) in [4.78, 5) is 19.8. The summed E-state index contributed by atoms with van der Waals surface area (Å²) in [6, 6.07) is 3.21. The maximum atomic E-state index is 11.8. The second kappa shape index (κ2) is 6.45. The predicted octanol–water partition coefficient (Wildman–Crippen LogP) is 0.0468. The van der Waals surface area contributed by atoms with E-state index < -0.39 is 0 Å². The number of aliphatic hydroxyl groups excluding tert-OH is 1. The zero-order valence-corrected chi connectivity index (χ0v) is 10.8. The molecular weight excluding hydrogens is 260 g/mol. The molecule has 2 rings (SSSR count). The highest BCUT2D eigenvalue weighted by atomic mass is 16.5. The molecule has 0 aliphatic carbocycles. The van der Waals surface area contributed by atoms with Gasteiger partial charge in [-0.3, -0.25) is 4.79 Å². The zero-order valence-electron chi connectivity index (χ0n) is 10.8. The smallest absolute Gasteiger partial charge is 0.270 e. The number of rotatable bonds is 3. The van der Waals surface area contributed by atoms with Crippen molar-refractivity contribution in [3.05, 3.63) is 41.3 Å². The van der Waals surface area contributed by atoms with Gasteiger partial charge in [0.1, 0.15) is 12.3 Å². The normalized spacial score (nSPS) is 9.70. The number of carbonyl (C=O) groups is 1. The molecule has 7 nitrogen and oxygen atoms in total. The van der Waals surface area contributed by atoms with Gasteiger partial charge in [-0.15, -0.1) is 0 Å². The molecule has 1 amide bonds. The summed E-state index contributed by atoms with van der Waals surface area (Å²) in [5.41, 5.74) is 0.893. The average Bonchev–Trinajstić information content (AvgIpc) is 2.89. The number of nitrogens with one attached hydrogen (secondary N) is 1. The van der Waals surface area contributed by atoms with Crippen molar-refractivity contribution in [1.82, 2.24) is 20.4 Å². The van der Waals surface area contributed by atoms with Crippen LogP contribution in [0.5, 0.6) is 0 Å². The van der Waals surface area contributed by atoms with Crippen molar-refractivity contribution in [1.29, 1.82) is 0 Å². The van der Waals surface area contributed by atoms with Crippen molar-refractivity contribution in [3.63, 3.8) is 0 Å². The Morgan fingerprint density at radius 1 is 1.50 bits per heavy atom. The summed E-state index contributed by atoms with van der Waals surface area (Å²) in [6.45, 7) is 1.63. The number of hydrogen-bond acceptors (Lipinski definition) is 6. The van der Waals surface area contributed by atoms with E-state index in [9.17, 15) is 4.79 Å². The Labute approximate surface area is 115 Å². The summed E-state index contributed by atoms with van der Waals surface area (Å²) in [7, 11) is 0. The van der Waals surface area contributed by atoms with Crippen LogP contribution in [-0.2, 0) is 6.54 Å². The minimum atomic E-state index is -0.339. The summed E-state index contributed by atoms with van der Waals surface area (Å²) in [6.07, 6.45) is 1.47. The first-order chi connectivity index (χ1) is 9.69. The molecule has 20 heavy (non-hydrogen) atoms. The highest BCUT2D eigenvalue weighted by molar-refractivity contribution is 5.92. The van der Waals surface area contributed by atoms with Crippen LogP contribution < -0.4 is 5.32 Å². The van der Waals surface area contributed by atoms with E-state index in [2.05, 4.69) is 32.3 Å². The van der Waals surface area contributed by atoms with E-state index in [-0.39, 0.29) is 24.8 Å². The fourth-order valence-corrected chi connectivity index (χ4v) is 1.41. The first kappa shape index (κ1) is 13.7. The third-order valence-electron chi connectivity index (χ3n) is 2.28. The summed E-state index contributed by atoms with van der Waals surface area (Å²) in [5.74, 6) is 5.70. The maximum absolute atomic E-state index is 11.8. The molecule has 0 aromatic carbocycles. The molecule has 0 bridgehead atoms. The Balaban J connectivity index is 1.95. The fourth-order valence-electron chi connectivity index (χ4n) is 1.41. The molecule has 0 aliphatic rings. The van der Waals surface area contributed by atoms with Gasteiger partial charge in [-0.2, -0.15) is 4.98 Å². The van der Waals surface area contributed by atoms with E-state index in [4.69, 9.17) is 9.63 Å². The molecule has 7 heteroatoms. The number of aromatic nitrogens is 3. The van der Waals surface area contributed by atoms with Gasteiger partial charge in [0.15, 0.2) is 5.82 Å². The van der Waals surface area contributed by atoms with Crippen molar-refractivity contribution >= 4 is 5.91 Å². The summed E-state index contributed by atoms with van der Waals surface area (Å²) >= 11 is 0. The van der Waals surface area contributed by atoms with E-state index in [0.717, 1.165) is 0 Å². The van der Waals surface area contributed by atoms with Crippen molar-refractivity contribution in [2.24, 2.45) is 0 Å². The Hall–Kier alpha value is -2.72. The van der Waals surface area contributed by atoms with Gasteiger partial charge < -0.3 is 14.9 Å². The molecular formula is C13H12N4O3. The molecule has 2 heterocycles. The average molecular weight is 272 g/mol. The molecule has 0 saturated heterocycles. The minimum Gasteiger partial charge on any atom is -0.384 e. The molecule has 102 valence electrons. The molecule has 0 aliphatic heterocycles. The van der Waals surface area contributed by atoms with Crippen LogP contribution in [0.1, 0.15) is 27.8 Å². The summed E-state index contributed by atoms with van der Waals surface area (Å²) in [5, 5.41) is 14.9. The van der Waals surface area contributed by atoms with E-state index in [1.54, 1.807) is 19.1 Å². The summed E-state index contributed by atoms with van der Waals surface area (Å²) < 4.78 is 4.79. The monoisotopic (exact) mass is 272 g/mol. The third kappa shape index (κ3) is 3.63. The number of aliphatic hydroxyl groups is 1. The van der Waals surface area contributed by atoms with Gasteiger partial charge in [-0.05, 0) is 12.1 Å². The topological polar surface area (TPSA) is 101 Å². The zero-order chi connectivity index (χ0) is 14.4. The molecule has 0 unspecified atom stereocenters. The van der Waals surface area contributed by atoms with Crippen LogP contribution >= 0.6 is 0 Å². The van der Waals surface area contributed by atoms with Crippen LogP contribution in [0.3, 0.4) is 0 Å². The van der Waals surface area contributed by atoms with Gasteiger partial charge in [0, 0.05) is 18.7 Å². The SMILES string of the molecule is Cc1nc(CNC(=O)c2ccc(C#CCO)cn2)no1. The lowest BCUT2D eigenvalue weighted by atomic mass is 10.2. The molecule has 0 saturated carbocycles. The van der Waals surface area contributed by atoms with Crippen molar-refractivity contribution in [3.8, 4) is 11.8 Å². The predicted molar refractivity (Wildman–Crippen MR) is 68.4 cm³/mol. The molecule has 0 atom stereocenters. The quantitative estimate of drug-likeness (QED) is 0.765. The van der Waals surface area contributed by atoms with E-state index in [1.165, 1.54) is 6.20 Å². The van der Waals surface area contributed by atoms with Crippen LogP contribution in [0.4, 0.5) is 0 Å². The van der Waals surface area contributed by atoms with Crippen LogP contribution in [-0.4, -0.2) is 32.7 Å². The third-order valence-corrected chi connectivity index (χ3v) is 2.28. The molecule has 2 aromatic heterocycles. The molecule has 0 fully saturated rings. The highest BCUT2D eigenvalue weighted by Crippen LogP contribution is 2.00. The molecule has 2 aromatic rings. The van der Waals surface area contributed by atoms with Crippen LogP contribution in [0.25, 0.3) is 0 Å². The lowest BCUT2D eigenvalue weighted by Gasteiger charge is -2.01. The Kier molecular flexibility index (Phi) is 4.42. The number of aryl methyl sites for hydroxylation is 1. The lowest BCUT2D eigenvalue weighted by molar-refractivity contribution is 0.0944. The Morgan fingerprint density at radius 3 is 2.95 bits per heavy atom. The van der Waals surface area contributed by atoms with Gasteiger partial charge in [-0.25, -0.2) is 4.98 Å². The van der Waals surface area contributed by atoms with Crippen LogP contribution in [0, 0.1) is 18.8 Å². The second-order valence-electron chi connectivity index (χ2n) is 3.80. The number of carbonyl (C=O) groups excluding carboxylic acids is 1. The van der Waals surface area contributed by atoms with Gasteiger partial charge in [-0.1, -0.05) is 17.0 Å². The first-order valence-corrected chi connectivity index (χ1v) is 5.82. The Bertz CT molecular complexity index is 652. The molecule has 2 N–H and O–H groups in total. The highest BCUT2D eigenvalue weighted by Gasteiger charge is 2.08. The van der Waals surface area contributed by atoms with Gasteiger partial charge in [0.2, 0.25) is 5.89 Å². The largest absolute Gasteiger partial charge is 0.384 e. The van der Waals surface area contributed by atoms with Gasteiger partial charge in [0.05, 0.1) is 6.54 Å². The number of nitrogens with zero attached hydrogens (tertiary/aromatic N) is 3. The Morgan fingerprint density at radius 2 is 2.35 bits per heavy atom. The van der Waals surface area contributed by atoms with E-state index >= 15 is 0 Å². The maximum Gasteiger partial charge on any atom is 0.270 e. The standard InChI is InChI=1S/C13H12N4O3/c1-9-16-12(17-20-9)8-15-13(19)11-5-4-10(7-14-11)3-2-6-18/h4-5,7,18H,6,8H2,1H3,(H,15,19). The fraction of sp³-hybridized carbons (Fsp3) is 0.231. The number of hydrogen-bond donors (Lipinski definition) is 2.